The van der Waals surface area contributed by atoms with Crippen LogP contribution in [-0.2, 0) is 4.79 Å². The normalized spacial score (nSPS) is 17.7. The SMILES string of the molecule is COc1ccc(C(=O)N2CCCC2C(=O)N(C)C)cc1N. The van der Waals surface area contributed by atoms with E-state index in [-0.39, 0.29) is 17.9 Å². The Morgan fingerprint density at radius 2 is 2.10 bits per heavy atom. The molecule has 21 heavy (non-hydrogen) atoms. The third kappa shape index (κ3) is 2.94. The molecule has 0 bridgehead atoms. The fraction of sp³-hybridized carbons (Fsp3) is 0.467. The molecule has 0 saturated carbocycles. The van der Waals surface area contributed by atoms with Crippen molar-refractivity contribution < 1.29 is 14.3 Å². The van der Waals surface area contributed by atoms with Crippen molar-refractivity contribution in [2.45, 2.75) is 18.9 Å². The van der Waals surface area contributed by atoms with Crippen molar-refractivity contribution in [1.29, 1.82) is 0 Å². The van der Waals surface area contributed by atoms with E-state index < -0.39 is 0 Å². The molecule has 0 aliphatic carbocycles. The van der Waals surface area contributed by atoms with E-state index in [2.05, 4.69) is 0 Å². The molecule has 1 unspecified atom stereocenters. The summed E-state index contributed by atoms with van der Waals surface area (Å²) in [5, 5.41) is 0. The minimum Gasteiger partial charge on any atom is -0.495 e. The zero-order valence-electron chi connectivity index (χ0n) is 12.6. The molecule has 1 aliphatic heterocycles. The molecule has 1 aromatic carbocycles. The molecule has 2 N–H and O–H groups in total. The second-order valence-electron chi connectivity index (χ2n) is 5.35. The van der Waals surface area contributed by atoms with E-state index in [1.807, 2.05) is 0 Å². The first-order chi connectivity index (χ1) is 9.95. The molecule has 1 saturated heterocycles. The predicted octanol–water partition coefficient (Wildman–Crippen LogP) is 0.970. The largest absolute Gasteiger partial charge is 0.495 e. The second-order valence-corrected chi connectivity index (χ2v) is 5.35. The lowest BCUT2D eigenvalue weighted by Crippen LogP contribution is -2.45. The van der Waals surface area contributed by atoms with Crippen LogP contribution in [0.25, 0.3) is 0 Å². The number of likely N-dealkylation sites (tertiary alicyclic amines) is 1. The van der Waals surface area contributed by atoms with Gasteiger partial charge in [-0.05, 0) is 31.0 Å². The molecular formula is C15H21N3O3. The Balaban J connectivity index is 2.22. The molecule has 2 rings (SSSR count). The van der Waals surface area contributed by atoms with Crippen LogP contribution >= 0.6 is 0 Å². The van der Waals surface area contributed by atoms with E-state index in [0.29, 0.717) is 30.0 Å². The number of hydrogen-bond acceptors (Lipinski definition) is 4. The van der Waals surface area contributed by atoms with Crippen molar-refractivity contribution in [3.8, 4) is 5.75 Å². The van der Waals surface area contributed by atoms with Gasteiger partial charge in [-0.25, -0.2) is 0 Å². The van der Waals surface area contributed by atoms with Crippen LogP contribution in [0, 0.1) is 0 Å². The molecule has 0 spiro atoms. The number of nitrogen functional groups attached to an aromatic ring is 1. The van der Waals surface area contributed by atoms with Crippen LogP contribution in [-0.4, -0.2) is 55.4 Å². The van der Waals surface area contributed by atoms with Gasteiger partial charge in [0.25, 0.3) is 5.91 Å². The van der Waals surface area contributed by atoms with Gasteiger partial charge in [0.05, 0.1) is 12.8 Å². The number of nitrogens with zero attached hydrogens (tertiary/aromatic N) is 2. The first-order valence-electron chi connectivity index (χ1n) is 6.91. The first-order valence-corrected chi connectivity index (χ1v) is 6.91. The molecule has 1 atom stereocenters. The molecular weight excluding hydrogens is 270 g/mol. The van der Waals surface area contributed by atoms with Gasteiger partial charge in [-0.1, -0.05) is 0 Å². The number of anilines is 1. The van der Waals surface area contributed by atoms with Crippen molar-refractivity contribution in [1.82, 2.24) is 9.80 Å². The highest BCUT2D eigenvalue weighted by Gasteiger charge is 2.35. The standard InChI is InChI=1S/C15H21N3O3/c1-17(2)15(20)12-5-4-8-18(12)14(19)10-6-7-13(21-3)11(16)9-10/h6-7,9,12H,4-5,8,16H2,1-3H3. The molecule has 6 heteroatoms. The summed E-state index contributed by atoms with van der Waals surface area (Å²) in [5.41, 5.74) is 6.73. The maximum atomic E-state index is 12.6. The summed E-state index contributed by atoms with van der Waals surface area (Å²) >= 11 is 0. The summed E-state index contributed by atoms with van der Waals surface area (Å²) < 4.78 is 5.09. The summed E-state index contributed by atoms with van der Waals surface area (Å²) in [4.78, 5) is 27.9. The number of carbonyl (C=O) groups excluding carboxylic acids is 2. The van der Waals surface area contributed by atoms with Gasteiger partial charge in [0, 0.05) is 26.2 Å². The number of nitrogens with two attached hydrogens (primary N) is 1. The van der Waals surface area contributed by atoms with Crippen LogP contribution in [0.1, 0.15) is 23.2 Å². The van der Waals surface area contributed by atoms with E-state index in [4.69, 9.17) is 10.5 Å². The Bertz CT molecular complexity index is 557. The summed E-state index contributed by atoms with van der Waals surface area (Å²) in [6.07, 6.45) is 1.54. The highest BCUT2D eigenvalue weighted by molar-refractivity contribution is 5.98. The van der Waals surface area contributed by atoms with Crippen LogP contribution < -0.4 is 10.5 Å². The smallest absolute Gasteiger partial charge is 0.254 e. The van der Waals surface area contributed by atoms with Gasteiger partial charge >= 0.3 is 0 Å². The van der Waals surface area contributed by atoms with Crippen molar-refractivity contribution in [2.24, 2.45) is 0 Å². The molecule has 1 heterocycles. The monoisotopic (exact) mass is 291 g/mol. The molecule has 0 aromatic heterocycles. The van der Waals surface area contributed by atoms with Gasteiger partial charge in [0.2, 0.25) is 5.91 Å². The molecule has 6 nitrogen and oxygen atoms in total. The molecule has 1 aromatic rings. The Morgan fingerprint density at radius 3 is 2.67 bits per heavy atom. The maximum Gasteiger partial charge on any atom is 0.254 e. The summed E-state index contributed by atoms with van der Waals surface area (Å²) in [7, 11) is 4.93. The number of rotatable bonds is 3. The highest BCUT2D eigenvalue weighted by atomic mass is 16.5. The van der Waals surface area contributed by atoms with E-state index in [1.54, 1.807) is 37.2 Å². The van der Waals surface area contributed by atoms with Crippen molar-refractivity contribution >= 4 is 17.5 Å². The zero-order chi connectivity index (χ0) is 15.6. The van der Waals surface area contributed by atoms with Crippen LogP contribution in [0.2, 0.25) is 0 Å². The van der Waals surface area contributed by atoms with Crippen LogP contribution in [0.15, 0.2) is 18.2 Å². The quantitative estimate of drug-likeness (QED) is 0.842. The topological polar surface area (TPSA) is 75.9 Å². The number of likely N-dealkylation sites (N-methyl/N-ethyl adjacent to an activating group) is 1. The Morgan fingerprint density at radius 1 is 1.38 bits per heavy atom. The minimum atomic E-state index is -0.379. The second kappa shape index (κ2) is 6.03. The number of amides is 2. The predicted molar refractivity (Wildman–Crippen MR) is 80.2 cm³/mol. The lowest BCUT2D eigenvalue weighted by molar-refractivity contribution is -0.132. The first kappa shape index (κ1) is 15.2. The van der Waals surface area contributed by atoms with Gasteiger partial charge in [-0.2, -0.15) is 0 Å². The molecule has 1 fully saturated rings. The zero-order valence-corrected chi connectivity index (χ0v) is 12.6. The van der Waals surface area contributed by atoms with Crippen molar-refractivity contribution in [2.75, 3.05) is 33.5 Å². The number of methoxy groups -OCH3 is 1. The minimum absolute atomic E-state index is 0.0395. The lowest BCUT2D eigenvalue weighted by atomic mass is 10.1. The average Bonchev–Trinajstić information content (AvgIpc) is 2.94. The molecule has 114 valence electrons. The van der Waals surface area contributed by atoms with E-state index in [0.717, 1.165) is 6.42 Å². The third-order valence-corrected chi connectivity index (χ3v) is 3.72. The van der Waals surface area contributed by atoms with Gasteiger partial charge in [-0.3, -0.25) is 9.59 Å². The summed E-state index contributed by atoms with van der Waals surface area (Å²) in [6, 6.07) is 4.56. The Kier molecular flexibility index (Phi) is 4.35. The number of hydrogen-bond donors (Lipinski definition) is 1. The summed E-state index contributed by atoms with van der Waals surface area (Å²) in [6.45, 7) is 0.592. The molecule has 0 radical (unpaired) electrons. The lowest BCUT2D eigenvalue weighted by Gasteiger charge is -2.26. The van der Waals surface area contributed by atoms with Gasteiger partial charge < -0.3 is 20.3 Å². The van der Waals surface area contributed by atoms with E-state index >= 15 is 0 Å². The number of ether oxygens (including phenoxy) is 1. The fourth-order valence-electron chi connectivity index (χ4n) is 2.60. The van der Waals surface area contributed by atoms with Gasteiger partial charge in [-0.15, -0.1) is 0 Å². The fourth-order valence-corrected chi connectivity index (χ4v) is 2.60. The summed E-state index contributed by atoms with van der Waals surface area (Å²) in [5.74, 6) is 0.332. The molecule has 1 aliphatic rings. The number of carbonyl (C=O) groups is 2. The average molecular weight is 291 g/mol. The van der Waals surface area contributed by atoms with Crippen molar-refractivity contribution in [3.63, 3.8) is 0 Å². The van der Waals surface area contributed by atoms with Crippen LogP contribution in [0.5, 0.6) is 5.75 Å². The maximum absolute atomic E-state index is 12.6. The van der Waals surface area contributed by atoms with Crippen molar-refractivity contribution in [3.05, 3.63) is 23.8 Å². The van der Waals surface area contributed by atoms with Crippen LogP contribution in [0.3, 0.4) is 0 Å². The number of benzene rings is 1. The highest BCUT2D eigenvalue weighted by Crippen LogP contribution is 2.26. The van der Waals surface area contributed by atoms with Crippen LogP contribution in [0.4, 0.5) is 5.69 Å². The van der Waals surface area contributed by atoms with E-state index in [9.17, 15) is 9.59 Å². The third-order valence-electron chi connectivity index (χ3n) is 3.72. The van der Waals surface area contributed by atoms with Gasteiger partial charge in [0.15, 0.2) is 0 Å². The van der Waals surface area contributed by atoms with Gasteiger partial charge in [0.1, 0.15) is 11.8 Å². The Labute approximate surface area is 124 Å². The molecule has 2 amide bonds. The Hall–Kier alpha value is -2.24. The van der Waals surface area contributed by atoms with E-state index in [1.165, 1.54) is 12.0 Å².